The Balaban J connectivity index is 1.83. The maximum absolute atomic E-state index is 14.2. The van der Waals surface area contributed by atoms with Crippen LogP contribution in [0.4, 0.5) is 18.0 Å². The van der Waals surface area contributed by atoms with Crippen molar-refractivity contribution in [3.05, 3.63) is 81.9 Å². The van der Waals surface area contributed by atoms with Gasteiger partial charge in [-0.25, -0.2) is 4.79 Å². The van der Waals surface area contributed by atoms with Crippen LogP contribution in [0.5, 0.6) is 0 Å². The van der Waals surface area contributed by atoms with E-state index in [0.29, 0.717) is 69.2 Å². The summed E-state index contributed by atoms with van der Waals surface area (Å²) in [7, 11) is 1.58. The highest BCUT2D eigenvalue weighted by Crippen LogP contribution is 2.59. The molecule has 2 aromatic rings. The molecule has 0 heterocycles. The zero-order chi connectivity index (χ0) is 34.4. The minimum atomic E-state index is -4.61. The number of carbonyl (C=O) groups is 2. The number of aliphatic hydroxyl groups is 2. The molecule has 4 unspecified atom stereocenters. The van der Waals surface area contributed by atoms with Gasteiger partial charge in [-0.1, -0.05) is 42.8 Å². The molecule has 4 atom stereocenters. The third-order valence-electron chi connectivity index (χ3n) is 10.1. The number of benzene rings is 2. The van der Waals surface area contributed by atoms with E-state index in [1.165, 1.54) is 17.0 Å². The third-order valence-corrected chi connectivity index (χ3v) is 10.1. The van der Waals surface area contributed by atoms with Crippen molar-refractivity contribution in [2.75, 3.05) is 33.4 Å². The quantitative estimate of drug-likeness (QED) is 0.165. The summed E-state index contributed by atoms with van der Waals surface area (Å²) in [6.45, 7) is 6.71. The minimum Gasteiger partial charge on any atom is -0.450 e. The van der Waals surface area contributed by atoms with Crippen LogP contribution in [0.15, 0.2) is 54.1 Å². The van der Waals surface area contributed by atoms with E-state index >= 15 is 0 Å². The molecule has 1 fully saturated rings. The molecule has 2 bridgehead atoms. The molecular weight excluding hydrogens is 611 g/mol. The maximum Gasteiger partial charge on any atom is 0.416 e. The van der Waals surface area contributed by atoms with Gasteiger partial charge in [-0.3, -0.25) is 4.79 Å². The molecule has 47 heavy (non-hydrogen) atoms. The summed E-state index contributed by atoms with van der Waals surface area (Å²) in [5, 5.41) is 23.4. The van der Waals surface area contributed by atoms with Gasteiger partial charge in [0.15, 0.2) is 5.78 Å². The van der Waals surface area contributed by atoms with Crippen molar-refractivity contribution in [2.24, 2.45) is 5.41 Å². The predicted octanol–water partition coefficient (Wildman–Crippen LogP) is 7.47. The van der Waals surface area contributed by atoms with Gasteiger partial charge >= 0.3 is 12.3 Å². The molecule has 0 radical (unpaired) electrons. The summed E-state index contributed by atoms with van der Waals surface area (Å²) < 4.78 is 51.5. The second-order valence-electron chi connectivity index (χ2n) is 13.3. The highest BCUT2D eigenvalue weighted by molar-refractivity contribution is 6.10. The van der Waals surface area contributed by atoms with Crippen LogP contribution in [0.25, 0.3) is 0 Å². The fourth-order valence-electron chi connectivity index (χ4n) is 7.35. The largest absolute Gasteiger partial charge is 0.450 e. The van der Waals surface area contributed by atoms with Crippen LogP contribution < -0.4 is 0 Å². The Bertz CT molecular complexity index is 1440. The fraction of sp³-hybridized carbons (Fsp3) is 0.568. The molecule has 5 rings (SSSR count). The number of methoxy groups -OCH3 is 1. The second kappa shape index (κ2) is 15.3. The molecule has 0 aromatic heterocycles. The number of fused-ring (bicyclic) bond motifs is 8. The smallest absolute Gasteiger partial charge is 0.416 e. The first-order valence-corrected chi connectivity index (χ1v) is 16.5. The van der Waals surface area contributed by atoms with Gasteiger partial charge in [0.25, 0.3) is 0 Å². The van der Waals surface area contributed by atoms with Crippen LogP contribution in [0.3, 0.4) is 0 Å². The number of aliphatic hydroxyl groups excluding tert-OH is 1. The van der Waals surface area contributed by atoms with Crippen molar-refractivity contribution in [1.29, 1.82) is 0 Å². The fourth-order valence-corrected chi connectivity index (χ4v) is 7.35. The lowest BCUT2D eigenvalue weighted by Crippen LogP contribution is -2.54. The van der Waals surface area contributed by atoms with Crippen LogP contribution in [-0.4, -0.2) is 72.1 Å². The molecule has 2 aromatic carbocycles. The average molecular weight is 660 g/mol. The van der Waals surface area contributed by atoms with Crippen molar-refractivity contribution in [1.82, 2.24) is 4.90 Å². The van der Waals surface area contributed by atoms with E-state index in [1.54, 1.807) is 20.1 Å². The number of hydrogen-bond donors (Lipinski definition) is 2. The molecule has 258 valence electrons. The SMILES string of the molecule is CCOC(=O)N(CCCOC)CC1(O)CCC2c3ccc(cc3C(=O)c3cccc(C(F)(F)F)c3)CC(O)CCC(C)=CCCC21C. The van der Waals surface area contributed by atoms with Crippen molar-refractivity contribution < 1.29 is 42.4 Å². The summed E-state index contributed by atoms with van der Waals surface area (Å²) in [4.78, 5) is 28.8. The maximum atomic E-state index is 14.2. The van der Waals surface area contributed by atoms with Crippen LogP contribution in [0, 0.1) is 5.41 Å². The molecule has 3 aliphatic rings. The standard InChI is InChI=1S/C37H48F3NO6/c1-5-47-34(44)41(19-8-20-46-4)24-36(45)18-16-32-30-15-13-26(21-29(42)14-12-25(2)9-7-17-35(32,36)3)22-31(30)33(43)27-10-6-11-28(23-27)37(38,39)40/h6,9-11,13,15,22-23,29,32,42,45H,5,7-8,12,14,16-21,24H2,1-4H3. The summed E-state index contributed by atoms with van der Waals surface area (Å²) in [6.07, 6.45) is 0.352. The molecule has 10 heteroatoms. The number of allylic oxidation sites excluding steroid dienone is 2. The second-order valence-corrected chi connectivity index (χ2v) is 13.3. The Kier molecular flexibility index (Phi) is 12.0. The molecule has 2 N–H and O–H groups in total. The van der Waals surface area contributed by atoms with E-state index in [9.17, 15) is 33.0 Å². The van der Waals surface area contributed by atoms with Crippen molar-refractivity contribution in [2.45, 2.75) is 95.9 Å². The van der Waals surface area contributed by atoms with E-state index in [0.717, 1.165) is 17.7 Å². The van der Waals surface area contributed by atoms with Gasteiger partial charge in [0.2, 0.25) is 0 Å². The highest BCUT2D eigenvalue weighted by Gasteiger charge is 2.57. The molecular formula is C37H48F3NO6. The number of amides is 1. The Labute approximate surface area is 275 Å². The predicted molar refractivity (Wildman–Crippen MR) is 173 cm³/mol. The average Bonchev–Trinajstić information content (AvgIpc) is 3.28. The van der Waals surface area contributed by atoms with E-state index in [-0.39, 0.29) is 36.6 Å². The molecule has 0 aliphatic heterocycles. The Morgan fingerprint density at radius 2 is 1.87 bits per heavy atom. The molecule has 0 saturated heterocycles. The number of hydrogen-bond acceptors (Lipinski definition) is 6. The van der Waals surface area contributed by atoms with Gasteiger partial charge in [0.1, 0.15) is 0 Å². The number of carbonyl (C=O) groups excluding carboxylic acids is 2. The highest BCUT2D eigenvalue weighted by atomic mass is 19.4. The van der Waals surface area contributed by atoms with Gasteiger partial charge < -0.3 is 24.6 Å². The van der Waals surface area contributed by atoms with E-state index in [2.05, 4.69) is 6.08 Å². The topological polar surface area (TPSA) is 96.3 Å². The monoisotopic (exact) mass is 659 g/mol. The number of rotatable bonds is 9. The van der Waals surface area contributed by atoms with Gasteiger partial charge in [-0.15, -0.1) is 0 Å². The minimum absolute atomic E-state index is 0.0203. The Morgan fingerprint density at radius 3 is 2.57 bits per heavy atom. The zero-order valence-corrected chi connectivity index (χ0v) is 27.9. The van der Waals surface area contributed by atoms with Gasteiger partial charge in [0.05, 0.1) is 30.4 Å². The number of ketones is 1. The van der Waals surface area contributed by atoms with Crippen LogP contribution in [-0.2, 0) is 22.1 Å². The number of ether oxygens (including phenoxy) is 2. The lowest BCUT2D eigenvalue weighted by Gasteiger charge is -2.46. The number of alkyl halides is 3. The van der Waals surface area contributed by atoms with Gasteiger partial charge in [0, 0.05) is 36.8 Å². The Morgan fingerprint density at radius 1 is 1.11 bits per heavy atom. The first kappa shape index (κ1) is 36.6. The lowest BCUT2D eigenvalue weighted by molar-refractivity contribution is -0.137. The summed E-state index contributed by atoms with van der Waals surface area (Å²) >= 11 is 0. The first-order valence-electron chi connectivity index (χ1n) is 16.5. The van der Waals surface area contributed by atoms with E-state index < -0.39 is 40.7 Å². The molecule has 0 spiro atoms. The van der Waals surface area contributed by atoms with Gasteiger partial charge in [-0.05, 0) is 100 Å². The summed E-state index contributed by atoms with van der Waals surface area (Å²) in [5.41, 5.74) is -0.439. The number of halogens is 3. The van der Waals surface area contributed by atoms with Gasteiger partial charge in [-0.2, -0.15) is 13.2 Å². The Hall–Kier alpha value is -3.21. The summed E-state index contributed by atoms with van der Waals surface area (Å²) in [5.74, 6) is -0.897. The van der Waals surface area contributed by atoms with Crippen LogP contribution >= 0.6 is 0 Å². The first-order chi connectivity index (χ1) is 22.2. The normalized spacial score (nSPS) is 25.1. The molecule has 3 aliphatic carbocycles. The number of nitrogens with zero attached hydrogens (tertiary/aromatic N) is 1. The summed E-state index contributed by atoms with van der Waals surface area (Å²) in [6, 6.07) is 9.83. The molecule has 1 amide bonds. The third kappa shape index (κ3) is 8.45. The van der Waals surface area contributed by atoms with Crippen LogP contribution in [0.1, 0.15) is 104 Å². The molecule has 1 saturated carbocycles. The van der Waals surface area contributed by atoms with Crippen LogP contribution in [0.2, 0.25) is 0 Å². The zero-order valence-electron chi connectivity index (χ0n) is 27.9. The van der Waals surface area contributed by atoms with E-state index in [4.69, 9.17) is 9.47 Å². The van der Waals surface area contributed by atoms with Crippen molar-refractivity contribution in [3.8, 4) is 0 Å². The molecule has 7 nitrogen and oxygen atoms in total. The van der Waals surface area contributed by atoms with E-state index in [1.807, 2.05) is 26.0 Å². The van der Waals surface area contributed by atoms with Crippen molar-refractivity contribution >= 4 is 11.9 Å². The lowest BCUT2D eigenvalue weighted by atomic mass is 9.64. The van der Waals surface area contributed by atoms with Crippen molar-refractivity contribution in [3.63, 3.8) is 0 Å².